The van der Waals surface area contributed by atoms with Crippen molar-refractivity contribution in [2.75, 3.05) is 0 Å². The summed E-state index contributed by atoms with van der Waals surface area (Å²) in [4.78, 5) is 45.0. The number of benzene rings is 1. The first-order valence-electron chi connectivity index (χ1n) is 8.45. The fraction of sp³-hybridized carbons (Fsp3) is 0.222. The summed E-state index contributed by atoms with van der Waals surface area (Å²) >= 11 is 0. The summed E-state index contributed by atoms with van der Waals surface area (Å²) in [6.45, 7) is 0.243. The molecule has 3 aromatic rings. The predicted octanol–water partition coefficient (Wildman–Crippen LogP) is 1.28. The topological polar surface area (TPSA) is 120 Å². The molecule has 4 amide bonds. The summed E-state index contributed by atoms with van der Waals surface area (Å²) in [6.07, 6.45) is 1.33. The smallest absolute Gasteiger partial charge is 0.325 e. The number of fused-ring (bicyclic) bond motifs is 1. The van der Waals surface area contributed by atoms with E-state index in [0.29, 0.717) is 11.6 Å². The van der Waals surface area contributed by atoms with Gasteiger partial charge in [-0.15, -0.1) is 0 Å². The van der Waals surface area contributed by atoms with Crippen molar-refractivity contribution >= 4 is 28.9 Å². The molecule has 0 spiro atoms. The Morgan fingerprint density at radius 1 is 1.22 bits per heavy atom. The number of amides is 4. The van der Waals surface area contributed by atoms with Crippen LogP contribution in [0.2, 0.25) is 0 Å². The van der Waals surface area contributed by atoms with Crippen molar-refractivity contribution in [3.05, 3.63) is 54.2 Å². The zero-order valence-corrected chi connectivity index (χ0v) is 14.3. The van der Waals surface area contributed by atoms with Crippen LogP contribution in [-0.4, -0.2) is 38.8 Å². The van der Waals surface area contributed by atoms with E-state index in [9.17, 15) is 14.4 Å². The minimum atomic E-state index is -0.886. The van der Waals surface area contributed by atoms with Crippen LogP contribution in [0.4, 0.5) is 4.79 Å². The number of urea groups is 1. The van der Waals surface area contributed by atoms with Crippen molar-refractivity contribution in [1.29, 1.82) is 0 Å². The van der Waals surface area contributed by atoms with E-state index < -0.39 is 18.0 Å². The Hall–Kier alpha value is -3.62. The molecule has 0 saturated carbocycles. The van der Waals surface area contributed by atoms with Gasteiger partial charge in [0.05, 0.1) is 36.8 Å². The number of para-hydroxylation sites is 2. The Morgan fingerprint density at radius 3 is 2.85 bits per heavy atom. The SMILES string of the molecule is O=C(C[C@@H]1NC(=O)N(Cc2ccco2)C1=O)NCc1nc2ccccc2[nH]1. The van der Waals surface area contributed by atoms with Gasteiger partial charge in [0.25, 0.3) is 5.91 Å². The Bertz CT molecular complexity index is 961. The third kappa shape index (κ3) is 3.52. The summed E-state index contributed by atoms with van der Waals surface area (Å²) in [6, 6.07) is 9.48. The lowest BCUT2D eigenvalue weighted by molar-refractivity contribution is -0.131. The highest BCUT2D eigenvalue weighted by molar-refractivity contribution is 6.05. The molecule has 2 aromatic heterocycles. The molecule has 0 bridgehead atoms. The zero-order chi connectivity index (χ0) is 18.8. The molecule has 1 saturated heterocycles. The second kappa shape index (κ2) is 6.94. The molecule has 9 heteroatoms. The monoisotopic (exact) mass is 367 g/mol. The van der Waals surface area contributed by atoms with Gasteiger partial charge >= 0.3 is 6.03 Å². The number of imide groups is 1. The number of furan rings is 1. The number of rotatable bonds is 6. The molecule has 1 atom stereocenters. The second-order valence-electron chi connectivity index (χ2n) is 6.19. The zero-order valence-electron chi connectivity index (χ0n) is 14.3. The summed E-state index contributed by atoms with van der Waals surface area (Å²) in [5.41, 5.74) is 1.70. The highest BCUT2D eigenvalue weighted by Gasteiger charge is 2.39. The fourth-order valence-electron chi connectivity index (χ4n) is 2.95. The number of aromatic nitrogens is 2. The van der Waals surface area contributed by atoms with Crippen LogP contribution >= 0.6 is 0 Å². The van der Waals surface area contributed by atoms with Gasteiger partial charge in [-0.3, -0.25) is 14.5 Å². The summed E-state index contributed by atoms with van der Waals surface area (Å²) < 4.78 is 5.16. The molecule has 27 heavy (non-hydrogen) atoms. The van der Waals surface area contributed by atoms with Crippen LogP contribution in [0.3, 0.4) is 0 Å². The molecule has 0 radical (unpaired) electrons. The lowest BCUT2D eigenvalue weighted by Crippen LogP contribution is -2.36. The fourth-order valence-corrected chi connectivity index (χ4v) is 2.95. The molecular formula is C18H17N5O4. The summed E-state index contributed by atoms with van der Waals surface area (Å²) in [5.74, 6) is 0.309. The van der Waals surface area contributed by atoms with Gasteiger partial charge in [0, 0.05) is 0 Å². The third-order valence-electron chi connectivity index (χ3n) is 4.28. The van der Waals surface area contributed by atoms with Crippen molar-refractivity contribution < 1.29 is 18.8 Å². The van der Waals surface area contributed by atoms with Crippen LogP contribution in [0.15, 0.2) is 47.1 Å². The molecule has 4 rings (SSSR count). The summed E-state index contributed by atoms with van der Waals surface area (Å²) in [5, 5.41) is 5.24. The van der Waals surface area contributed by atoms with Gasteiger partial charge in [0.2, 0.25) is 5.91 Å². The standard InChI is InChI=1S/C18H17N5O4/c24-16(19-9-15-20-12-5-1-2-6-13(12)21-15)8-14-17(25)23(18(26)22-14)10-11-4-3-7-27-11/h1-7,14H,8-10H2,(H,19,24)(H,20,21)(H,22,26)/t14-/m0/s1. The number of nitrogens with one attached hydrogen (secondary N) is 3. The molecule has 3 heterocycles. The minimum absolute atomic E-state index is 0.0365. The number of aromatic amines is 1. The molecular weight excluding hydrogens is 350 g/mol. The number of imidazole rings is 1. The van der Waals surface area contributed by atoms with Gasteiger partial charge in [-0.05, 0) is 24.3 Å². The minimum Gasteiger partial charge on any atom is -0.467 e. The Balaban J connectivity index is 1.32. The number of hydrogen-bond acceptors (Lipinski definition) is 5. The maximum atomic E-state index is 12.4. The lowest BCUT2D eigenvalue weighted by atomic mass is 10.2. The highest BCUT2D eigenvalue weighted by atomic mass is 16.3. The highest BCUT2D eigenvalue weighted by Crippen LogP contribution is 2.14. The molecule has 1 aromatic carbocycles. The van der Waals surface area contributed by atoms with Gasteiger partial charge in [0.15, 0.2) is 0 Å². The van der Waals surface area contributed by atoms with Crippen LogP contribution in [-0.2, 0) is 22.7 Å². The predicted molar refractivity (Wildman–Crippen MR) is 94.1 cm³/mol. The van der Waals surface area contributed by atoms with E-state index in [2.05, 4.69) is 20.6 Å². The molecule has 1 fully saturated rings. The maximum Gasteiger partial charge on any atom is 0.325 e. The van der Waals surface area contributed by atoms with E-state index >= 15 is 0 Å². The Kier molecular flexibility index (Phi) is 4.33. The van der Waals surface area contributed by atoms with Crippen LogP contribution < -0.4 is 10.6 Å². The van der Waals surface area contributed by atoms with E-state index in [0.717, 1.165) is 15.9 Å². The van der Waals surface area contributed by atoms with Gasteiger partial charge in [0.1, 0.15) is 17.6 Å². The van der Waals surface area contributed by atoms with Crippen LogP contribution in [0.5, 0.6) is 0 Å². The molecule has 138 valence electrons. The quantitative estimate of drug-likeness (QED) is 0.567. The molecule has 1 aliphatic rings. The van der Waals surface area contributed by atoms with Gasteiger partial charge < -0.3 is 20.0 Å². The summed E-state index contributed by atoms with van der Waals surface area (Å²) in [7, 11) is 0. The van der Waals surface area contributed by atoms with Crippen molar-refractivity contribution in [2.24, 2.45) is 0 Å². The van der Waals surface area contributed by atoms with E-state index in [1.807, 2.05) is 24.3 Å². The first kappa shape index (κ1) is 16.8. The third-order valence-corrected chi connectivity index (χ3v) is 4.28. The van der Waals surface area contributed by atoms with E-state index in [1.165, 1.54) is 6.26 Å². The molecule has 0 unspecified atom stereocenters. The van der Waals surface area contributed by atoms with E-state index in [4.69, 9.17) is 4.42 Å². The number of carbonyl (C=O) groups is 3. The van der Waals surface area contributed by atoms with Crippen LogP contribution in [0.25, 0.3) is 11.0 Å². The van der Waals surface area contributed by atoms with Crippen molar-refractivity contribution in [3.8, 4) is 0 Å². The first-order chi connectivity index (χ1) is 13.1. The number of nitrogens with zero attached hydrogens (tertiary/aromatic N) is 2. The average Bonchev–Trinajstić information content (AvgIpc) is 3.36. The number of H-pyrrole nitrogens is 1. The van der Waals surface area contributed by atoms with E-state index in [1.54, 1.807) is 12.1 Å². The number of hydrogen-bond donors (Lipinski definition) is 3. The number of carbonyl (C=O) groups excluding carboxylic acids is 3. The molecule has 0 aliphatic carbocycles. The van der Waals surface area contributed by atoms with Gasteiger partial charge in [-0.25, -0.2) is 9.78 Å². The Morgan fingerprint density at radius 2 is 2.07 bits per heavy atom. The molecule has 9 nitrogen and oxygen atoms in total. The molecule has 3 N–H and O–H groups in total. The van der Waals surface area contributed by atoms with E-state index in [-0.39, 0.29) is 25.4 Å². The van der Waals surface area contributed by atoms with Gasteiger partial charge in [-0.1, -0.05) is 12.1 Å². The van der Waals surface area contributed by atoms with Crippen molar-refractivity contribution in [2.45, 2.75) is 25.6 Å². The first-order valence-corrected chi connectivity index (χ1v) is 8.45. The second-order valence-corrected chi connectivity index (χ2v) is 6.19. The molecule has 1 aliphatic heterocycles. The largest absolute Gasteiger partial charge is 0.467 e. The average molecular weight is 367 g/mol. The van der Waals surface area contributed by atoms with Crippen LogP contribution in [0.1, 0.15) is 18.0 Å². The maximum absolute atomic E-state index is 12.4. The van der Waals surface area contributed by atoms with Crippen molar-refractivity contribution in [3.63, 3.8) is 0 Å². The van der Waals surface area contributed by atoms with Gasteiger partial charge in [-0.2, -0.15) is 0 Å². The normalized spacial score (nSPS) is 16.7. The van der Waals surface area contributed by atoms with Crippen molar-refractivity contribution in [1.82, 2.24) is 25.5 Å². The lowest BCUT2D eigenvalue weighted by Gasteiger charge is -2.11. The van der Waals surface area contributed by atoms with Crippen LogP contribution in [0, 0.1) is 0 Å². The Labute approximate surface area is 153 Å².